The molecule has 3 saturated heterocycles. The number of amides is 1. The largest absolute Gasteiger partial charge is 0.443 e. The van der Waals surface area contributed by atoms with Crippen LogP contribution >= 0.6 is 0 Å². The van der Waals surface area contributed by atoms with Crippen LogP contribution in [-0.2, 0) is 18.9 Å². The Morgan fingerprint density at radius 2 is 1.88 bits per heavy atom. The molecular formula is C27H44BNO5. The lowest BCUT2D eigenvalue weighted by Crippen LogP contribution is -2.59. The summed E-state index contributed by atoms with van der Waals surface area (Å²) in [6.45, 7) is 17.2. The first-order valence-electron chi connectivity index (χ1n) is 12.9. The summed E-state index contributed by atoms with van der Waals surface area (Å²) < 4.78 is 24.4. The number of likely N-dealkylation sites (tertiary alicyclic amines) is 1. The minimum absolute atomic E-state index is 0.0435. The van der Waals surface area contributed by atoms with Crippen LogP contribution in [0.5, 0.6) is 0 Å². The highest BCUT2D eigenvalue weighted by Gasteiger charge is 2.72. The first-order chi connectivity index (χ1) is 15.7. The van der Waals surface area contributed by atoms with Gasteiger partial charge in [-0.1, -0.05) is 51.1 Å². The summed E-state index contributed by atoms with van der Waals surface area (Å²) in [5, 5.41) is -0.224. The highest BCUT2D eigenvalue weighted by molar-refractivity contribution is 6.14. The van der Waals surface area contributed by atoms with Gasteiger partial charge in [-0.3, -0.25) is 0 Å². The Bertz CT molecular complexity index is 806. The van der Waals surface area contributed by atoms with E-state index in [1.54, 1.807) is 7.11 Å². The molecule has 0 N–H and O–H groups in total. The predicted octanol–water partition coefficient (Wildman–Crippen LogP) is 4.91. The maximum atomic E-state index is 13.1. The molecule has 6 unspecified atom stereocenters. The van der Waals surface area contributed by atoms with Gasteiger partial charge in [-0.05, 0) is 51.4 Å². The maximum Gasteiger partial charge on any atom is 0.410 e. The smallest absolute Gasteiger partial charge is 0.410 e. The zero-order chi connectivity index (χ0) is 25.1. The third kappa shape index (κ3) is 5.08. The minimum Gasteiger partial charge on any atom is -0.443 e. The van der Waals surface area contributed by atoms with Crippen LogP contribution in [-0.4, -0.2) is 75.2 Å². The summed E-state index contributed by atoms with van der Waals surface area (Å²) in [4.78, 5) is 14.9. The SMILES string of the molecule is [B]C(C)(C)CC(C)(C)C1CN(C(=O)OC2CCC3(CO3)C(C3(C)OC3CC=C(C)C)C2OC)C1. The van der Waals surface area contributed by atoms with Gasteiger partial charge >= 0.3 is 6.09 Å². The van der Waals surface area contributed by atoms with Crippen molar-refractivity contribution in [1.29, 1.82) is 0 Å². The second-order valence-corrected chi connectivity index (χ2v) is 13.1. The molecule has 7 heteroatoms. The number of hydrogen-bond acceptors (Lipinski definition) is 5. The Morgan fingerprint density at radius 1 is 1.24 bits per heavy atom. The minimum atomic E-state index is -0.324. The summed E-state index contributed by atoms with van der Waals surface area (Å²) in [5.41, 5.74) is 0.835. The van der Waals surface area contributed by atoms with E-state index in [9.17, 15) is 4.79 Å². The quantitative estimate of drug-likeness (QED) is 0.285. The number of nitrogens with zero attached hydrogens (tertiary/aromatic N) is 1. The normalized spacial score (nSPS) is 37.8. The highest BCUT2D eigenvalue weighted by Crippen LogP contribution is 2.59. The molecule has 1 saturated carbocycles. The maximum absolute atomic E-state index is 13.1. The molecular weight excluding hydrogens is 429 g/mol. The first-order valence-corrected chi connectivity index (χ1v) is 12.9. The molecule has 0 bridgehead atoms. The van der Waals surface area contributed by atoms with Gasteiger partial charge in [-0.15, -0.1) is 0 Å². The van der Waals surface area contributed by atoms with E-state index in [1.165, 1.54) is 5.57 Å². The molecule has 4 aliphatic rings. The predicted molar refractivity (Wildman–Crippen MR) is 133 cm³/mol. The second kappa shape index (κ2) is 8.81. The standard InChI is InChI=1S/C27H44BNO5/c1-17(2)9-10-20-26(7,34-20)22-21(31-8)19(11-12-27(22)16-32-27)33-23(30)29-13-18(14-29)24(3,4)15-25(5,6)28/h9,18-22H,10-16H2,1-8H3. The zero-order valence-electron chi connectivity index (χ0n) is 22.5. The molecule has 3 heterocycles. The fraction of sp³-hybridized carbons (Fsp3) is 0.889. The number of carbonyl (C=O) groups excluding carboxylic acids is 1. The molecule has 4 rings (SSSR count). The Kier molecular flexibility index (Phi) is 6.74. The number of epoxide rings is 2. The van der Waals surface area contributed by atoms with Crippen molar-refractivity contribution < 1.29 is 23.7 Å². The van der Waals surface area contributed by atoms with Crippen molar-refractivity contribution in [2.75, 3.05) is 26.8 Å². The van der Waals surface area contributed by atoms with Gasteiger partial charge < -0.3 is 23.8 Å². The molecule has 2 radical (unpaired) electrons. The number of ether oxygens (including phenoxy) is 4. The lowest BCUT2D eigenvalue weighted by molar-refractivity contribution is -0.126. The number of rotatable bonds is 8. The number of methoxy groups -OCH3 is 1. The van der Waals surface area contributed by atoms with E-state index >= 15 is 0 Å². The highest BCUT2D eigenvalue weighted by atomic mass is 16.6. The molecule has 6 nitrogen and oxygen atoms in total. The van der Waals surface area contributed by atoms with Crippen molar-refractivity contribution in [3.63, 3.8) is 0 Å². The van der Waals surface area contributed by atoms with Gasteiger partial charge in [0.1, 0.15) is 23.4 Å². The molecule has 3 aliphatic heterocycles. The zero-order valence-corrected chi connectivity index (χ0v) is 22.5. The molecule has 0 aromatic rings. The fourth-order valence-electron chi connectivity index (χ4n) is 6.71. The second-order valence-electron chi connectivity index (χ2n) is 13.1. The van der Waals surface area contributed by atoms with Crippen molar-refractivity contribution in [2.24, 2.45) is 17.3 Å². The van der Waals surface area contributed by atoms with Crippen LogP contribution in [0.1, 0.15) is 74.1 Å². The fourth-order valence-corrected chi connectivity index (χ4v) is 6.71. The van der Waals surface area contributed by atoms with Crippen molar-refractivity contribution in [3.8, 4) is 0 Å². The van der Waals surface area contributed by atoms with Gasteiger partial charge in [0.15, 0.2) is 0 Å². The van der Waals surface area contributed by atoms with Crippen molar-refractivity contribution >= 4 is 13.9 Å². The molecule has 1 amide bonds. The van der Waals surface area contributed by atoms with Gasteiger partial charge in [-0.2, -0.15) is 0 Å². The Hall–Kier alpha value is -1.05. The topological polar surface area (TPSA) is 63.8 Å². The summed E-state index contributed by atoms with van der Waals surface area (Å²) in [6, 6.07) is 0. The van der Waals surface area contributed by atoms with Crippen molar-refractivity contribution in [2.45, 2.75) is 109 Å². The molecule has 34 heavy (non-hydrogen) atoms. The van der Waals surface area contributed by atoms with E-state index in [2.05, 4.69) is 54.5 Å². The van der Waals surface area contributed by atoms with E-state index in [0.29, 0.717) is 19.0 Å². The number of carbonyl (C=O) groups is 1. The summed E-state index contributed by atoms with van der Waals surface area (Å²) >= 11 is 0. The monoisotopic (exact) mass is 473 g/mol. The first kappa shape index (κ1) is 26.0. The third-order valence-electron chi connectivity index (χ3n) is 8.65. The van der Waals surface area contributed by atoms with Crippen LogP contribution < -0.4 is 0 Å². The van der Waals surface area contributed by atoms with Gasteiger partial charge in [0.2, 0.25) is 0 Å². The number of hydrogen-bond donors (Lipinski definition) is 0. The summed E-state index contributed by atoms with van der Waals surface area (Å²) in [6.07, 6.45) is 5.02. The van der Waals surface area contributed by atoms with Crippen LogP contribution in [0, 0.1) is 17.3 Å². The molecule has 1 spiro atoms. The van der Waals surface area contributed by atoms with Crippen LogP contribution in [0.4, 0.5) is 4.79 Å². The van der Waals surface area contributed by atoms with Crippen LogP contribution in [0.3, 0.4) is 0 Å². The summed E-state index contributed by atoms with van der Waals surface area (Å²) in [7, 11) is 7.98. The molecule has 0 aromatic carbocycles. The van der Waals surface area contributed by atoms with E-state index in [1.807, 2.05) is 4.90 Å². The van der Waals surface area contributed by atoms with Crippen LogP contribution in [0.25, 0.3) is 0 Å². The van der Waals surface area contributed by atoms with Crippen molar-refractivity contribution in [3.05, 3.63) is 11.6 Å². The molecule has 190 valence electrons. The van der Waals surface area contributed by atoms with Crippen LogP contribution in [0.15, 0.2) is 11.6 Å². The average Bonchev–Trinajstić information content (AvgIpc) is 3.55. The van der Waals surface area contributed by atoms with E-state index < -0.39 is 0 Å². The molecule has 6 atom stereocenters. The summed E-state index contributed by atoms with van der Waals surface area (Å²) in [5.74, 6) is 0.472. The van der Waals surface area contributed by atoms with Gasteiger partial charge in [0.25, 0.3) is 0 Å². The van der Waals surface area contributed by atoms with Crippen molar-refractivity contribution in [1.82, 2.24) is 4.90 Å². The third-order valence-corrected chi connectivity index (χ3v) is 8.65. The molecule has 0 aromatic heterocycles. The molecule has 4 fully saturated rings. The van der Waals surface area contributed by atoms with E-state index in [-0.39, 0.29) is 52.3 Å². The Morgan fingerprint density at radius 3 is 2.41 bits per heavy atom. The average molecular weight is 473 g/mol. The lowest BCUT2D eigenvalue weighted by atomic mass is 9.59. The van der Waals surface area contributed by atoms with Gasteiger partial charge in [-0.25, -0.2) is 4.79 Å². The lowest BCUT2D eigenvalue weighted by Gasteiger charge is -2.50. The van der Waals surface area contributed by atoms with E-state index in [4.69, 9.17) is 26.8 Å². The van der Waals surface area contributed by atoms with E-state index in [0.717, 1.165) is 32.3 Å². The Labute approximate surface area is 207 Å². The van der Waals surface area contributed by atoms with Gasteiger partial charge in [0.05, 0.1) is 26.5 Å². The molecule has 1 aliphatic carbocycles. The van der Waals surface area contributed by atoms with Crippen LogP contribution in [0.2, 0.25) is 5.31 Å². The Balaban J connectivity index is 1.38. The van der Waals surface area contributed by atoms with Gasteiger partial charge in [0, 0.05) is 20.2 Å². The number of allylic oxidation sites excluding steroid dienone is 1.